The van der Waals surface area contributed by atoms with E-state index in [9.17, 15) is 9.90 Å². The highest BCUT2D eigenvalue weighted by atomic mass is 16.3. The maximum Gasteiger partial charge on any atom is 0.179 e. The Morgan fingerprint density at radius 2 is 1.96 bits per heavy atom. The van der Waals surface area contributed by atoms with Crippen molar-refractivity contribution in [1.82, 2.24) is 4.57 Å². The average molecular weight is 315 g/mol. The molecular formula is C19H27N2O2+. The number of aliphatic hydroxyl groups is 1. The number of ketones is 1. The molecule has 2 aromatic rings. The van der Waals surface area contributed by atoms with Crippen LogP contribution in [-0.4, -0.2) is 41.2 Å². The first-order chi connectivity index (χ1) is 11.2. The topological polar surface area (TPSA) is 46.7 Å². The third kappa shape index (κ3) is 3.06. The number of quaternary nitrogens is 1. The lowest BCUT2D eigenvalue weighted by atomic mass is 9.94. The smallest absolute Gasteiger partial charge is 0.179 e. The van der Waals surface area contributed by atoms with Gasteiger partial charge in [0.25, 0.3) is 0 Å². The van der Waals surface area contributed by atoms with Crippen molar-refractivity contribution in [3.05, 3.63) is 35.5 Å². The molecular weight excluding hydrogens is 288 g/mol. The van der Waals surface area contributed by atoms with Gasteiger partial charge in [0, 0.05) is 17.3 Å². The van der Waals surface area contributed by atoms with Gasteiger partial charge in [-0.1, -0.05) is 18.2 Å². The van der Waals surface area contributed by atoms with Crippen molar-refractivity contribution in [2.75, 3.05) is 19.6 Å². The fraction of sp³-hybridized carbons (Fsp3) is 0.526. The standard InChI is InChI=1S/C19H26N2O2/c1-3-20(4-2)12-14(22)13-21-17-10-6-5-8-15(17)16-9-7-11-18(23)19(16)21/h5-6,8,10,14,22H,3-4,7,9,11-13H2,1-2H3/p+1. The predicted molar refractivity (Wildman–Crippen MR) is 92.1 cm³/mol. The summed E-state index contributed by atoms with van der Waals surface area (Å²) in [6.45, 7) is 7.53. The fourth-order valence-corrected chi connectivity index (χ4v) is 3.83. The van der Waals surface area contributed by atoms with Crippen molar-refractivity contribution in [3.63, 3.8) is 0 Å². The third-order valence-electron chi connectivity index (χ3n) is 5.09. The number of aliphatic hydroxyl groups excluding tert-OH is 1. The van der Waals surface area contributed by atoms with E-state index in [1.54, 1.807) is 0 Å². The molecule has 0 aliphatic heterocycles. The Morgan fingerprint density at radius 1 is 1.22 bits per heavy atom. The van der Waals surface area contributed by atoms with Gasteiger partial charge in [-0.3, -0.25) is 4.79 Å². The molecule has 0 saturated heterocycles. The lowest BCUT2D eigenvalue weighted by molar-refractivity contribution is -0.899. The maximum atomic E-state index is 12.5. The molecule has 1 aliphatic carbocycles. The molecule has 1 aliphatic rings. The van der Waals surface area contributed by atoms with Gasteiger partial charge in [-0.2, -0.15) is 0 Å². The predicted octanol–water partition coefficient (Wildman–Crippen LogP) is 1.45. The minimum atomic E-state index is -0.431. The molecule has 1 unspecified atom stereocenters. The average Bonchev–Trinajstić information content (AvgIpc) is 2.88. The van der Waals surface area contributed by atoms with Gasteiger partial charge >= 0.3 is 0 Å². The van der Waals surface area contributed by atoms with Gasteiger partial charge in [0.05, 0.1) is 25.3 Å². The summed E-state index contributed by atoms with van der Waals surface area (Å²) in [5, 5.41) is 11.7. The van der Waals surface area contributed by atoms with Gasteiger partial charge in [0.2, 0.25) is 0 Å². The minimum absolute atomic E-state index is 0.227. The fourth-order valence-electron chi connectivity index (χ4n) is 3.83. The Bertz CT molecular complexity index is 701. The number of rotatable bonds is 6. The number of fused-ring (bicyclic) bond motifs is 3. The number of carbonyl (C=O) groups is 1. The van der Waals surface area contributed by atoms with Gasteiger partial charge in [-0.05, 0) is 38.3 Å². The maximum absolute atomic E-state index is 12.5. The summed E-state index contributed by atoms with van der Waals surface area (Å²) in [5.41, 5.74) is 3.10. The lowest BCUT2D eigenvalue weighted by Crippen LogP contribution is -3.12. The molecule has 3 rings (SSSR count). The monoisotopic (exact) mass is 315 g/mol. The van der Waals surface area contributed by atoms with Crippen LogP contribution in [0.2, 0.25) is 0 Å². The molecule has 23 heavy (non-hydrogen) atoms. The first-order valence-electron chi connectivity index (χ1n) is 8.80. The zero-order chi connectivity index (χ0) is 16.4. The number of para-hydroxylation sites is 1. The second-order valence-electron chi connectivity index (χ2n) is 6.55. The van der Waals surface area contributed by atoms with E-state index in [1.165, 1.54) is 15.8 Å². The van der Waals surface area contributed by atoms with E-state index >= 15 is 0 Å². The van der Waals surface area contributed by atoms with Crippen LogP contribution >= 0.6 is 0 Å². The molecule has 0 radical (unpaired) electrons. The second-order valence-corrected chi connectivity index (χ2v) is 6.55. The summed E-state index contributed by atoms with van der Waals surface area (Å²) < 4.78 is 2.07. The molecule has 1 heterocycles. The highest BCUT2D eigenvalue weighted by molar-refractivity contribution is 6.04. The Labute approximate surface area is 137 Å². The minimum Gasteiger partial charge on any atom is -0.385 e. The van der Waals surface area contributed by atoms with Crippen LogP contribution in [0.25, 0.3) is 10.9 Å². The molecule has 0 bridgehead atoms. The highest BCUT2D eigenvalue weighted by Gasteiger charge is 2.27. The number of nitrogens with one attached hydrogen (secondary N) is 1. The first-order valence-corrected chi connectivity index (χ1v) is 8.80. The highest BCUT2D eigenvalue weighted by Crippen LogP contribution is 2.32. The zero-order valence-corrected chi connectivity index (χ0v) is 14.1. The van der Waals surface area contributed by atoms with Gasteiger partial charge in [0.1, 0.15) is 12.6 Å². The first kappa shape index (κ1) is 16.2. The second kappa shape index (κ2) is 6.85. The Kier molecular flexibility index (Phi) is 4.83. The molecule has 4 heteroatoms. The molecule has 0 amide bonds. The summed E-state index contributed by atoms with van der Waals surface area (Å²) in [6.07, 6.45) is 2.10. The summed E-state index contributed by atoms with van der Waals surface area (Å²) in [6, 6.07) is 8.21. The van der Waals surface area contributed by atoms with Crippen molar-refractivity contribution in [2.24, 2.45) is 0 Å². The molecule has 124 valence electrons. The van der Waals surface area contributed by atoms with Crippen molar-refractivity contribution >= 4 is 16.7 Å². The van der Waals surface area contributed by atoms with E-state index in [0.29, 0.717) is 13.0 Å². The summed E-state index contributed by atoms with van der Waals surface area (Å²) >= 11 is 0. The lowest BCUT2D eigenvalue weighted by Gasteiger charge is -2.21. The van der Waals surface area contributed by atoms with Crippen LogP contribution in [0, 0.1) is 0 Å². The van der Waals surface area contributed by atoms with Crippen LogP contribution in [0.3, 0.4) is 0 Å². The molecule has 1 aromatic carbocycles. The Hall–Kier alpha value is -1.65. The van der Waals surface area contributed by atoms with Crippen molar-refractivity contribution < 1.29 is 14.8 Å². The van der Waals surface area contributed by atoms with E-state index < -0.39 is 6.10 Å². The van der Waals surface area contributed by atoms with Crippen molar-refractivity contribution in [3.8, 4) is 0 Å². The number of aryl methyl sites for hydroxylation is 1. The Morgan fingerprint density at radius 3 is 2.70 bits per heavy atom. The number of hydrogen-bond acceptors (Lipinski definition) is 2. The SMILES string of the molecule is CC[NH+](CC)CC(O)Cn1c2c(c3ccccc31)CCCC2=O. The quantitative estimate of drug-likeness (QED) is 0.847. The molecule has 4 nitrogen and oxygen atoms in total. The van der Waals surface area contributed by atoms with Crippen molar-refractivity contribution in [2.45, 2.75) is 45.8 Å². The number of hydrogen-bond donors (Lipinski definition) is 2. The van der Waals surface area contributed by atoms with Crippen LogP contribution in [0.1, 0.15) is 42.7 Å². The molecule has 1 aromatic heterocycles. The van der Waals surface area contributed by atoms with Crippen LogP contribution in [0.5, 0.6) is 0 Å². The van der Waals surface area contributed by atoms with E-state index in [0.717, 1.165) is 43.7 Å². The summed E-state index contributed by atoms with van der Waals surface area (Å²) in [4.78, 5) is 13.9. The largest absolute Gasteiger partial charge is 0.385 e. The number of Topliss-reactive ketones (excluding diaryl/α,β-unsaturated/α-hetero) is 1. The number of nitrogens with zero attached hydrogens (tertiary/aromatic N) is 1. The number of benzene rings is 1. The van der Waals surface area contributed by atoms with Gasteiger partial charge in [-0.25, -0.2) is 0 Å². The van der Waals surface area contributed by atoms with Crippen molar-refractivity contribution in [1.29, 1.82) is 0 Å². The van der Waals surface area contributed by atoms with Gasteiger partial charge in [0.15, 0.2) is 5.78 Å². The number of likely N-dealkylation sites (N-methyl/N-ethyl adjacent to an activating group) is 1. The van der Waals surface area contributed by atoms with E-state index in [4.69, 9.17) is 0 Å². The zero-order valence-electron chi connectivity index (χ0n) is 14.1. The molecule has 0 fully saturated rings. The number of aromatic nitrogens is 1. The summed E-state index contributed by atoms with van der Waals surface area (Å²) in [7, 11) is 0. The molecule has 2 N–H and O–H groups in total. The van der Waals surface area contributed by atoms with Gasteiger partial charge < -0.3 is 14.6 Å². The van der Waals surface area contributed by atoms with E-state index in [2.05, 4.69) is 30.5 Å². The van der Waals surface area contributed by atoms with Crippen LogP contribution in [0.4, 0.5) is 0 Å². The number of carbonyl (C=O) groups excluding carboxylic acids is 1. The third-order valence-corrected chi connectivity index (χ3v) is 5.09. The summed E-state index contributed by atoms with van der Waals surface area (Å²) in [5.74, 6) is 0.227. The Balaban J connectivity index is 1.97. The van der Waals surface area contributed by atoms with Crippen LogP contribution in [-0.2, 0) is 13.0 Å². The molecule has 0 spiro atoms. The van der Waals surface area contributed by atoms with Crippen LogP contribution in [0.15, 0.2) is 24.3 Å². The van der Waals surface area contributed by atoms with Crippen LogP contribution < -0.4 is 4.90 Å². The molecule has 0 saturated carbocycles. The molecule has 1 atom stereocenters. The van der Waals surface area contributed by atoms with E-state index in [1.807, 2.05) is 12.1 Å². The normalized spacial score (nSPS) is 16.1. The van der Waals surface area contributed by atoms with Gasteiger partial charge in [-0.15, -0.1) is 0 Å². The van der Waals surface area contributed by atoms with E-state index in [-0.39, 0.29) is 5.78 Å².